The summed E-state index contributed by atoms with van der Waals surface area (Å²) in [5.74, 6) is 0.432. The molecule has 6 N–H and O–H groups in total. The lowest BCUT2D eigenvalue weighted by Crippen LogP contribution is -2.55. The van der Waals surface area contributed by atoms with Crippen LogP contribution in [0.2, 0.25) is 0 Å². The number of benzene rings is 2. The number of rotatable bonds is 7. The highest BCUT2D eigenvalue weighted by Gasteiger charge is 2.45. The van der Waals surface area contributed by atoms with Crippen LogP contribution in [0.4, 0.5) is 5.69 Å². The molecule has 2 aromatic carbocycles. The molecule has 0 saturated carbocycles. The predicted molar refractivity (Wildman–Crippen MR) is 118 cm³/mol. The van der Waals surface area contributed by atoms with Gasteiger partial charge in [-0.1, -0.05) is 31.2 Å². The fourth-order valence-corrected chi connectivity index (χ4v) is 3.86. The first kappa shape index (κ1) is 23.5. The minimum Gasteiger partial charge on any atom is -0.491 e. The van der Waals surface area contributed by atoms with Crippen LogP contribution in [0.3, 0.4) is 0 Å². The zero-order valence-electron chi connectivity index (χ0n) is 18.2. The number of hydrogen-bond acceptors (Lipinski definition) is 7. The Balaban J connectivity index is 2.00. The summed E-state index contributed by atoms with van der Waals surface area (Å²) in [7, 11) is 0. The maximum absolute atomic E-state index is 10.6. The van der Waals surface area contributed by atoms with Gasteiger partial charge in [0.05, 0.1) is 12.7 Å². The number of aliphatic hydroxyl groups is 4. The molecule has 1 aliphatic rings. The predicted octanol–water partition coefficient (Wildman–Crippen LogP) is 1.72. The molecule has 3 rings (SSSR count). The molecule has 0 amide bonds. The summed E-state index contributed by atoms with van der Waals surface area (Å²) in [5, 5.41) is 40.6. The molecule has 0 unspecified atom stereocenters. The van der Waals surface area contributed by atoms with Crippen LogP contribution in [0, 0.1) is 0 Å². The smallest absolute Gasteiger partial charge is 0.127 e. The second-order valence-electron chi connectivity index (χ2n) is 8.35. The molecule has 5 atom stereocenters. The van der Waals surface area contributed by atoms with Crippen LogP contribution in [0.1, 0.15) is 49.1 Å². The van der Waals surface area contributed by atoms with E-state index in [1.54, 1.807) is 6.07 Å². The Morgan fingerprint density at radius 1 is 1.00 bits per heavy atom. The van der Waals surface area contributed by atoms with Crippen LogP contribution in [0.5, 0.6) is 5.75 Å². The van der Waals surface area contributed by atoms with Crippen LogP contribution in [0.25, 0.3) is 0 Å². The van der Waals surface area contributed by atoms with Gasteiger partial charge >= 0.3 is 0 Å². The van der Waals surface area contributed by atoms with E-state index in [0.717, 1.165) is 17.5 Å². The molecule has 7 heteroatoms. The first-order valence-corrected chi connectivity index (χ1v) is 10.7. The van der Waals surface area contributed by atoms with Crippen LogP contribution in [0.15, 0.2) is 36.4 Å². The minimum atomic E-state index is -1.47. The van der Waals surface area contributed by atoms with Crippen LogP contribution < -0.4 is 10.5 Å². The van der Waals surface area contributed by atoms with E-state index in [9.17, 15) is 20.4 Å². The molecule has 0 aromatic heterocycles. The van der Waals surface area contributed by atoms with Crippen molar-refractivity contribution in [3.63, 3.8) is 0 Å². The Kier molecular flexibility index (Phi) is 7.56. The molecule has 0 aliphatic carbocycles. The summed E-state index contributed by atoms with van der Waals surface area (Å²) in [6, 6.07) is 11.8. The van der Waals surface area contributed by atoms with E-state index in [-0.39, 0.29) is 6.10 Å². The van der Waals surface area contributed by atoms with E-state index in [2.05, 4.69) is 31.2 Å². The third kappa shape index (κ3) is 5.19. The van der Waals surface area contributed by atoms with Gasteiger partial charge in [-0.2, -0.15) is 0 Å². The van der Waals surface area contributed by atoms with Crippen molar-refractivity contribution in [3.05, 3.63) is 58.7 Å². The average molecular weight is 432 g/mol. The highest BCUT2D eigenvalue weighted by Crippen LogP contribution is 2.40. The first-order chi connectivity index (χ1) is 14.7. The Morgan fingerprint density at radius 2 is 1.65 bits per heavy atom. The number of ether oxygens (including phenoxy) is 2. The molecule has 2 aromatic rings. The van der Waals surface area contributed by atoms with Crippen molar-refractivity contribution in [2.45, 2.75) is 70.2 Å². The first-order valence-electron chi connectivity index (χ1n) is 10.7. The van der Waals surface area contributed by atoms with Crippen molar-refractivity contribution < 1.29 is 29.9 Å². The summed E-state index contributed by atoms with van der Waals surface area (Å²) in [6.45, 7) is 5.35. The van der Waals surface area contributed by atoms with Crippen molar-refractivity contribution in [2.75, 3.05) is 12.3 Å². The van der Waals surface area contributed by atoms with Crippen molar-refractivity contribution in [3.8, 4) is 5.75 Å². The third-order valence-corrected chi connectivity index (χ3v) is 5.66. The quantitative estimate of drug-likeness (QED) is 0.423. The molecule has 31 heavy (non-hydrogen) atoms. The van der Waals surface area contributed by atoms with Gasteiger partial charge in [0.2, 0.25) is 0 Å². The van der Waals surface area contributed by atoms with Gasteiger partial charge < -0.3 is 35.6 Å². The number of nitrogen functional groups attached to an aromatic ring is 1. The monoisotopic (exact) mass is 431 g/mol. The zero-order valence-corrected chi connectivity index (χ0v) is 18.2. The Hall–Kier alpha value is -2.16. The summed E-state index contributed by atoms with van der Waals surface area (Å²) in [4.78, 5) is 0. The van der Waals surface area contributed by atoms with Crippen LogP contribution in [-0.2, 0) is 17.6 Å². The Bertz CT molecular complexity index is 867. The lowest BCUT2D eigenvalue weighted by atomic mass is 9.89. The average Bonchev–Trinajstić information content (AvgIpc) is 2.74. The molecule has 170 valence electrons. The Morgan fingerprint density at radius 3 is 2.23 bits per heavy atom. The van der Waals surface area contributed by atoms with E-state index < -0.39 is 37.1 Å². The van der Waals surface area contributed by atoms with Gasteiger partial charge in [0.25, 0.3) is 0 Å². The van der Waals surface area contributed by atoms with Gasteiger partial charge in [-0.15, -0.1) is 0 Å². The van der Waals surface area contributed by atoms with Crippen molar-refractivity contribution in [1.82, 2.24) is 0 Å². The van der Waals surface area contributed by atoms with E-state index in [1.165, 1.54) is 5.56 Å². The summed E-state index contributed by atoms with van der Waals surface area (Å²) in [5.41, 5.74) is 10.5. The molecule has 7 nitrogen and oxygen atoms in total. The van der Waals surface area contributed by atoms with Crippen molar-refractivity contribution in [1.29, 1.82) is 0 Å². The fourth-order valence-electron chi connectivity index (χ4n) is 3.86. The van der Waals surface area contributed by atoms with E-state index >= 15 is 0 Å². The van der Waals surface area contributed by atoms with Crippen molar-refractivity contribution in [2.24, 2.45) is 0 Å². The van der Waals surface area contributed by atoms with E-state index in [4.69, 9.17) is 15.2 Å². The van der Waals surface area contributed by atoms with Gasteiger partial charge in [0.15, 0.2) is 0 Å². The highest BCUT2D eigenvalue weighted by molar-refractivity contribution is 5.57. The lowest BCUT2D eigenvalue weighted by molar-refractivity contribution is -0.232. The second-order valence-corrected chi connectivity index (χ2v) is 8.35. The molecule has 1 heterocycles. The molecule has 0 bridgehead atoms. The minimum absolute atomic E-state index is 0.157. The van der Waals surface area contributed by atoms with Crippen molar-refractivity contribution >= 4 is 5.69 Å². The fraction of sp³-hybridized carbons (Fsp3) is 0.500. The maximum atomic E-state index is 10.6. The number of aliphatic hydroxyl groups excluding tert-OH is 4. The molecular formula is C24H33NO6. The topological polar surface area (TPSA) is 125 Å². The van der Waals surface area contributed by atoms with E-state index in [0.29, 0.717) is 23.4 Å². The summed E-state index contributed by atoms with van der Waals surface area (Å²) >= 11 is 0. The molecule has 1 aliphatic heterocycles. The highest BCUT2D eigenvalue weighted by atomic mass is 16.5. The number of nitrogens with two attached hydrogens (primary N) is 1. The molecule has 0 radical (unpaired) electrons. The number of hydrogen-bond donors (Lipinski definition) is 5. The molecular weight excluding hydrogens is 398 g/mol. The van der Waals surface area contributed by atoms with Gasteiger partial charge in [-0.3, -0.25) is 0 Å². The number of aryl methyl sites for hydroxylation is 1. The number of anilines is 1. The van der Waals surface area contributed by atoms with Crippen LogP contribution >= 0.6 is 0 Å². The van der Waals surface area contributed by atoms with Gasteiger partial charge in [0.1, 0.15) is 36.3 Å². The lowest BCUT2D eigenvalue weighted by Gasteiger charge is -2.40. The van der Waals surface area contributed by atoms with Gasteiger partial charge in [-0.25, -0.2) is 0 Å². The normalized spacial score (nSPS) is 26.3. The summed E-state index contributed by atoms with van der Waals surface area (Å²) in [6.07, 6.45) is -4.90. The Labute approximate surface area is 183 Å². The standard InChI is InChI=1S/C24H33NO6/c1-4-14-5-7-15(8-6-14)9-16-10-17(19(11-18(16)25)30-13(2)3)24-23(29)22(28)21(27)20(12-26)31-24/h5-8,10-11,13,20-24,26-29H,4,9,12,25H2,1-3H3/t20-,21-,22+,23-,24+/m1/s1. The largest absolute Gasteiger partial charge is 0.491 e. The SMILES string of the molecule is CCc1ccc(Cc2cc([C@@H]3O[C@H](CO)[C@@H](O)[C@H](O)[C@H]3O)c(OC(C)C)cc2N)cc1. The van der Waals surface area contributed by atoms with Gasteiger partial charge in [0, 0.05) is 17.3 Å². The molecule has 0 spiro atoms. The second kappa shape index (κ2) is 9.97. The molecule has 1 fully saturated rings. The molecule has 1 saturated heterocycles. The maximum Gasteiger partial charge on any atom is 0.127 e. The van der Waals surface area contributed by atoms with Crippen LogP contribution in [-0.4, -0.2) is 57.6 Å². The van der Waals surface area contributed by atoms with Gasteiger partial charge in [-0.05, 0) is 49.4 Å². The zero-order chi connectivity index (χ0) is 22.7. The third-order valence-electron chi connectivity index (χ3n) is 5.66. The van der Waals surface area contributed by atoms with E-state index in [1.807, 2.05) is 19.9 Å². The summed E-state index contributed by atoms with van der Waals surface area (Å²) < 4.78 is 11.7.